The Morgan fingerprint density at radius 1 is 1.03 bits per heavy atom. The highest BCUT2D eigenvalue weighted by Crippen LogP contribution is 2.46. The van der Waals surface area contributed by atoms with Crippen LogP contribution >= 0.6 is 11.3 Å². The SMILES string of the molecule is COc1ccc2c(O[C@@H]3C[C@H]4C(=O)N[C@]5(C(=O)O)C[C@H]5/C=C\CCC(=O)CC[C@H](NC(=O)OC5CCCC5)C(=O)N4C3)cc(-c3csc(N(C(=O)OC(C)(C)C)C(C)C)n3)nc2c1. The van der Waals surface area contributed by atoms with Crippen LogP contribution in [0.4, 0.5) is 14.7 Å². The number of anilines is 1. The van der Waals surface area contributed by atoms with E-state index in [9.17, 15) is 33.9 Å². The van der Waals surface area contributed by atoms with Crippen LogP contribution in [0.3, 0.4) is 0 Å². The van der Waals surface area contributed by atoms with Gasteiger partial charge in [0.25, 0.3) is 0 Å². The minimum Gasteiger partial charge on any atom is -0.497 e. The minimum absolute atomic E-state index is 0.0125. The molecule has 338 valence electrons. The number of allylic oxidation sites excluding steroid dienone is 1. The third-order valence-electron chi connectivity index (χ3n) is 11.8. The van der Waals surface area contributed by atoms with Gasteiger partial charge in [-0.1, -0.05) is 12.2 Å². The molecule has 7 rings (SSSR count). The molecule has 2 aromatic heterocycles. The molecule has 3 aromatic rings. The summed E-state index contributed by atoms with van der Waals surface area (Å²) in [6.45, 7) is 8.98. The molecule has 1 saturated heterocycles. The van der Waals surface area contributed by atoms with Gasteiger partial charge in [0, 0.05) is 54.1 Å². The van der Waals surface area contributed by atoms with E-state index in [1.54, 1.807) is 62.6 Å². The molecule has 4 aliphatic rings. The summed E-state index contributed by atoms with van der Waals surface area (Å²) in [7, 11) is 1.54. The van der Waals surface area contributed by atoms with E-state index in [1.165, 1.54) is 28.2 Å². The van der Waals surface area contributed by atoms with Crippen LogP contribution in [-0.2, 0) is 28.7 Å². The van der Waals surface area contributed by atoms with Gasteiger partial charge < -0.3 is 39.6 Å². The van der Waals surface area contributed by atoms with Crippen LogP contribution in [0.1, 0.15) is 98.8 Å². The first-order valence-electron chi connectivity index (χ1n) is 21.6. The summed E-state index contributed by atoms with van der Waals surface area (Å²) >= 11 is 1.25. The summed E-state index contributed by atoms with van der Waals surface area (Å²) in [6, 6.07) is 4.30. The van der Waals surface area contributed by atoms with Crippen LogP contribution in [0.15, 0.2) is 41.8 Å². The molecule has 5 atom stereocenters. The number of rotatable bonds is 9. The minimum atomic E-state index is -1.58. The second-order valence-electron chi connectivity index (χ2n) is 18.0. The number of amides is 4. The van der Waals surface area contributed by atoms with Crippen LogP contribution in [0, 0.1) is 5.92 Å². The number of nitrogens with zero attached hydrogens (tertiary/aromatic N) is 4. The molecule has 63 heavy (non-hydrogen) atoms. The molecule has 4 heterocycles. The van der Waals surface area contributed by atoms with E-state index in [-0.39, 0.29) is 56.6 Å². The third kappa shape index (κ3) is 10.4. The van der Waals surface area contributed by atoms with Gasteiger partial charge in [-0.25, -0.2) is 24.4 Å². The number of alkyl carbamates (subject to hydrolysis) is 1. The number of nitrogens with one attached hydrogen (secondary N) is 2. The fourth-order valence-corrected chi connectivity index (χ4v) is 9.33. The Balaban J connectivity index is 1.22. The normalized spacial score (nSPS) is 25.0. The maximum Gasteiger partial charge on any atom is 0.416 e. The molecule has 0 bridgehead atoms. The van der Waals surface area contributed by atoms with E-state index >= 15 is 0 Å². The topological polar surface area (TPSA) is 216 Å². The van der Waals surface area contributed by atoms with Gasteiger partial charge in [0.05, 0.1) is 24.9 Å². The number of thiazole rings is 1. The highest BCUT2D eigenvalue weighted by Gasteiger charge is 2.61. The van der Waals surface area contributed by atoms with Crippen LogP contribution < -0.4 is 25.0 Å². The lowest BCUT2D eigenvalue weighted by Crippen LogP contribution is -2.56. The van der Waals surface area contributed by atoms with E-state index in [2.05, 4.69) is 10.6 Å². The molecule has 1 aromatic carbocycles. The Kier molecular flexibility index (Phi) is 13.3. The van der Waals surface area contributed by atoms with E-state index in [0.29, 0.717) is 58.2 Å². The first-order chi connectivity index (χ1) is 29.9. The molecule has 0 spiro atoms. The number of aliphatic carboxylic acids is 1. The van der Waals surface area contributed by atoms with E-state index in [4.69, 9.17) is 28.9 Å². The number of carbonyl (C=O) groups excluding carboxylic acids is 5. The largest absolute Gasteiger partial charge is 0.497 e. The van der Waals surface area contributed by atoms with Crippen molar-refractivity contribution in [3.05, 3.63) is 41.8 Å². The molecule has 2 aliphatic heterocycles. The lowest BCUT2D eigenvalue weighted by molar-refractivity contribution is -0.145. The number of carboxylic acids is 1. The standard InChI is InChI=1S/C45H56N6O11S/c1-25(2)51(43(58)62-44(3,4)5)41-47-35(24-63-41)34-21-37(31-17-16-29(59-6)19-33(31)46-34)60-30-20-36-38(53)49-45(40(55)56)22-26(45)11-7-8-12-27(52)15-18-32(39(54)50(36)23-30)48-42(57)61-28-13-9-10-14-28/h7,11,16-17,19,21,24-26,28,30,32,36H,8-10,12-15,18,20,22-23H2,1-6H3,(H,48,57)(H,49,53)(H,55,56)/b11-7-/t26-,30-,32+,36+,45-/m1/s1. The zero-order chi connectivity index (χ0) is 45.2. The van der Waals surface area contributed by atoms with Gasteiger partial charge in [-0.3, -0.25) is 19.3 Å². The number of pyridine rings is 1. The highest BCUT2D eigenvalue weighted by molar-refractivity contribution is 7.14. The van der Waals surface area contributed by atoms with Gasteiger partial charge in [0.2, 0.25) is 11.8 Å². The quantitative estimate of drug-likeness (QED) is 0.194. The summed E-state index contributed by atoms with van der Waals surface area (Å²) in [5.41, 5.74) is -0.947. The number of methoxy groups -OCH3 is 1. The number of ketones is 1. The van der Waals surface area contributed by atoms with Crippen LogP contribution in [0.5, 0.6) is 11.5 Å². The van der Waals surface area contributed by atoms with Gasteiger partial charge in [-0.05, 0) is 91.7 Å². The van der Waals surface area contributed by atoms with E-state index in [1.807, 2.05) is 13.8 Å². The predicted octanol–water partition coefficient (Wildman–Crippen LogP) is 6.56. The number of carbonyl (C=O) groups is 6. The van der Waals surface area contributed by atoms with Gasteiger partial charge in [0.15, 0.2) is 5.13 Å². The number of ether oxygens (including phenoxy) is 4. The Hall–Kier alpha value is -5.78. The maximum absolute atomic E-state index is 14.7. The van der Waals surface area contributed by atoms with Crippen molar-refractivity contribution in [2.24, 2.45) is 5.92 Å². The first-order valence-corrected chi connectivity index (χ1v) is 22.5. The lowest BCUT2D eigenvalue weighted by atomic mass is 10.0. The van der Waals surface area contributed by atoms with Gasteiger partial charge in [-0.15, -0.1) is 11.3 Å². The molecular weight excluding hydrogens is 833 g/mol. The Bertz CT molecular complexity index is 2280. The average molecular weight is 889 g/mol. The number of fused-ring (bicyclic) bond motifs is 3. The van der Waals surface area contributed by atoms with Crippen molar-refractivity contribution in [3.8, 4) is 22.9 Å². The summed E-state index contributed by atoms with van der Waals surface area (Å²) in [4.78, 5) is 93.6. The highest BCUT2D eigenvalue weighted by atomic mass is 32.1. The average Bonchev–Trinajstić information content (AvgIpc) is 3.66. The molecular formula is C45H56N6O11S. The van der Waals surface area contributed by atoms with E-state index in [0.717, 1.165) is 12.8 Å². The van der Waals surface area contributed by atoms with Gasteiger partial charge in [-0.2, -0.15) is 0 Å². The molecule has 0 unspecified atom stereocenters. The zero-order valence-electron chi connectivity index (χ0n) is 36.5. The Morgan fingerprint density at radius 3 is 2.49 bits per heavy atom. The summed E-state index contributed by atoms with van der Waals surface area (Å²) in [5, 5.41) is 18.5. The molecule has 2 aliphatic carbocycles. The number of Topliss-reactive ketones (excluding diaryl/α,β-unsaturated/α-hetero) is 1. The van der Waals surface area contributed by atoms with Crippen molar-refractivity contribution in [3.63, 3.8) is 0 Å². The van der Waals surface area contributed by atoms with Gasteiger partial charge in [0.1, 0.15) is 58.4 Å². The zero-order valence-corrected chi connectivity index (χ0v) is 37.3. The van der Waals surface area contributed by atoms with Gasteiger partial charge >= 0.3 is 18.2 Å². The van der Waals surface area contributed by atoms with E-state index < -0.39 is 65.2 Å². The number of hydrogen-bond acceptors (Lipinski definition) is 13. The first kappa shape index (κ1) is 45.3. The van der Waals surface area contributed by atoms with Crippen LogP contribution in [0.2, 0.25) is 0 Å². The Morgan fingerprint density at radius 2 is 1.79 bits per heavy atom. The number of hydrogen-bond donors (Lipinski definition) is 3. The van der Waals surface area contributed by atoms with Crippen molar-refractivity contribution in [2.75, 3.05) is 18.6 Å². The maximum atomic E-state index is 14.7. The summed E-state index contributed by atoms with van der Waals surface area (Å²) < 4.78 is 23.6. The van der Waals surface area contributed by atoms with Crippen LogP contribution in [-0.4, -0.2) is 111 Å². The fourth-order valence-electron chi connectivity index (χ4n) is 8.39. The number of benzene rings is 1. The summed E-state index contributed by atoms with van der Waals surface area (Å²) in [5.74, 6) is -2.24. The number of carboxylic acid groups (broad SMARTS) is 1. The third-order valence-corrected chi connectivity index (χ3v) is 12.6. The molecule has 4 amide bonds. The van der Waals surface area contributed by atoms with Crippen LogP contribution in [0.25, 0.3) is 22.3 Å². The molecule has 3 N–H and O–H groups in total. The molecule has 0 radical (unpaired) electrons. The van der Waals surface area contributed by atoms with Crippen molar-refractivity contribution in [1.82, 2.24) is 25.5 Å². The monoisotopic (exact) mass is 888 g/mol. The van der Waals surface area contributed by atoms with Crippen molar-refractivity contribution in [2.45, 2.75) is 140 Å². The fraction of sp³-hybridized carbons (Fsp3) is 0.556. The summed E-state index contributed by atoms with van der Waals surface area (Å²) in [6.07, 6.45) is 4.93. The van der Waals surface area contributed by atoms with Crippen molar-refractivity contribution >= 4 is 63.1 Å². The molecule has 18 heteroatoms. The second-order valence-corrected chi connectivity index (χ2v) is 18.8. The molecule has 2 saturated carbocycles. The second kappa shape index (κ2) is 18.5. The van der Waals surface area contributed by atoms with Crippen molar-refractivity contribution in [1.29, 1.82) is 0 Å². The smallest absolute Gasteiger partial charge is 0.416 e. The van der Waals surface area contributed by atoms with Crippen molar-refractivity contribution < 1.29 is 52.8 Å². The predicted molar refractivity (Wildman–Crippen MR) is 233 cm³/mol. The molecule has 17 nitrogen and oxygen atoms in total. The lowest BCUT2D eigenvalue weighted by Gasteiger charge is -2.29. The Labute approximate surface area is 369 Å². The number of aromatic nitrogens is 2. The molecule has 3 fully saturated rings.